The molecule has 1 atom stereocenters. The number of carboxylic acids is 1. The van der Waals surface area contributed by atoms with Crippen molar-refractivity contribution in [2.45, 2.75) is 37.6 Å². The van der Waals surface area contributed by atoms with Crippen LogP contribution in [0.2, 0.25) is 0 Å². The standard InChI is InChI=1S/C16H21NO5S/c1-10-4-5-12(8-14(10)23(3,21)22)15(18)17(13-6-7-13)9-11(2)16(19)20/h4-5,8,11,13H,6-7,9H2,1-3H3,(H,19,20). The minimum atomic E-state index is -3.42. The molecule has 1 amide bonds. The first-order valence-electron chi connectivity index (χ1n) is 7.45. The molecule has 1 fully saturated rings. The Bertz CT molecular complexity index is 737. The number of aryl methyl sites for hydroxylation is 1. The molecule has 2 rings (SSSR count). The molecular weight excluding hydrogens is 318 g/mol. The number of carbonyl (C=O) groups is 2. The maximum absolute atomic E-state index is 12.7. The van der Waals surface area contributed by atoms with Crippen LogP contribution in [-0.4, -0.2) is 49.1 Å². The second-order valence-corrected chi connectivity index (χ2v) is 8.16. The minimum Gasteiger partial charge on any atom is -0.481 e. The Morgan fingerprint density at radius 1 is 1.35 bits per heavy atom. The third-order valence-electron chi connectivity index (χ3n) is 3.98. The lowest BCUT2D eigenvalue weighted by Gasteiger charge is -2.24. The van der Waals surface area contributed by atoms with Crippen LogP contribution in [0, 0.1) is 12.8 Å². The van der Waals surface area contributed by atoms with Crippen molar-refractivity contribution in [3.8, 4) is 0 Å². The summed E-state index contributed by atoms with van der Waals surface area (Å²) in [5.74, 6) is -1.94. The normalized spacial score (nSPS) is 16.0. The molecule has 1 aromatic rings. The van der Waals surface area contributed by atoms with Gasteiger partial charge in [0.05, 0.1) is 10.8 Å². The van der Waals surface area contributed by atoms with Crippen LogP contribution in [-0.2, 0) is 14.6 Å². The van der Waals surface area contributed by atoms with E-state index < -0.39 is 21.7 Å². The van der Waals surface area contributed by atoms with E-state index >= 15 is 0 Å². The van der Waals surface area contributed by atoms with Crippen LogP contribution >= 0.6 is 0 Å². The molecular formula is C16H21NO5S. The molecule has 1 N–H and O–H groups in total. The molecule has 0 bridgehead atoms. The van der Waals surface area contributed by atoms with Crippen molar-refractivity contribution in [1.82, 2.24) is 4.90 Å². The van der Waals surface area contributed by atoms with Crippen molar-refractivity contribution in [3.63, 3.8) is 0 Å². The Hall–Kier alpha value is -1.89. The maximum atomic E-state index is 12.7. The van der Waals surface area contributed by atoms with E-state index in [1.165, 1.54) is 6.07 Å². The average Bonchev–Trinajstić information content (AvgIpc) is 3.27. The summed E-state index contributed by atoms with van der Waals surface area (Å²) in [7, 11) is -3.42. The Morgan fingerprint density at radius 2 is 1.96 bits per heavy atom. The van der Waals surface area contributed by atoms with Crippen molar-refractivity contribution in [2.24, 2.45) is 5.92 Å². The third-order valence-corrected chi connectivity index (χ3v) is 5.21. The van der Waals surface area contributed by atoms with Crippen molar-refractivity contribution < 1.29 is 23.1 Å². The molecule has 1 aliphatic rings. The summed E-state index contributed by atoms with van der Waals surface area (Å²) in [5.41, 5.74) is 0.862. The second kappa shape index (κ2) is 6.31. The van der Waals surface area contributed by atoms with E-state index in [0.29, 0.717) is 5.56 Å². The van der Waals surface area contributed by atoms with Crippen molar-refractivity contribution in [2.75, 3.05) is 12.8 Å². The number of sulfone groups is 1. The molecule has 0 heterocycles. The van der Waals surface area contributed by atoms with E-state index in [1.807, 2.05) is 0 Å². The van der Waals surface area contributed by atoms with Gasteiger partial charge in [0.25, 0.3) is 5.91 Å². The number of aliphatic carboxylic acids is 1. The molecule has 0 saturated heterocycles. The summed E-state index contributed by atoms with van der Waals surface area (Å²) in [5, 5.41) is 9.06. The van der Waals surface area contributed by atoms with Gasteiger partial charge in [0.15, 0.2) is 9.84 Å². The fourth-order valence-electron chi connectivity index (χ4n) is 2.46. The second-order valence-electron chi connectivity index (χ2n) is 6.18. The first-order chi connectivity index (χ1) is 10.6. The monoisotopic (exact) mass is 339 g/mol. The van der Waals surface area contributed by atoms with Crippen LogP contribution in [0.15, 0.2) is 23.1 Å². The van der Waals surface area contributed by atoms with E-state index in [4.69, 9.17) is 5.11 Å². The highest BCUT2D eigenvalue weighted by molar-refractivity contribution is 7.90. The van der Waals surface area contributed by atoms with Crippen molar-refractivity contribution >= 4 is 21.7 Å². The van der Waals surface area contributed by atoms with Gasteiger partial charge in [0.2, 0.25) is 0 Å². The maximum Gasteiger partial charge on any atom is 0.308 e. The van der Waals surface area contributed by atoms with Gasteiger partial charge in [-0.05, 0) is 37.5 Å². The molecule has 0 spiro atoms. The number of carboxylic acid groups (broad SMARTS) is 1. The largest absolute Gasteiger partial charge is 0.481 e. The van der Waals surface area contributed by atoms with E-state index in [-0.39, 0.29) is 29.0 Å². The summed E-state index contributed by atoms with van der Waals surface area (Å²) in [4.78, 5) is 25.4. The minimum absolute atomic E-state index is 0.0484. The Balaban J connectivity index is 2.32. The molecule has 1 aromatic carbocycles. The zero-order chi connectivity index (χ0) is 17.4. The topological polar surface area (TPSA) is 91.8 Å². The summed E-state index contributed by atoms with van der Waals surface area (Å²) >= 11 is 0. The zero-order valence-corrected chi connectivity index (χ0v) is 14.3. The van der Waals surface area contributed by atoms with Gasteiger partial charge >= 0.3 is 5.97 Å². The number of benzene rings is 1. The van der Waals surface area contributed by atoms with Gasteiger partial charge < -0.3 is 10.0 Å². The molecule has 0 aliphatic heterocycles. The number of hydrogen-bond acceptors (Lipinski definition) is 4. The number of rotatable bonds is 6. The summed E-state index contributed by atoms with van der Waals surface area (Å²) < 4.78 is 23.6. The van der Waals surface area contributed by atoms with Crippen molar-refractivity contribution in [3.05, 3.63) is 29.3 Å². The molecule has 6 nitrogen and oxygen atoms in total. The van der Waals surface area contributed by atoms with Crippen LogP contribution in [0.5, 0.6) is 0 Å². The predicted molar refractivity (Wildman–Crippen MR) is 85.1 cm³/mol. The van der Waals surface area contributed by atoms with Crippen LogP contribution in [0.4, 0.5) is 0 Å². The van der Waals surface area contributed by atoms with E-state index in [2.05, 4.69) is 0 Å². The van der Waals surface area contributed by atoms with E-state index in [1.54, 1.807) is 30.9 Å². The van der Waals surface area contributed by atoms with Gasteiger partial charge in [-0.25, -0.2) is 8.42 Å². The van der Waals surface area contributed by atoms with Gasteiger partial charge in [-0.1, -0.05) is 13.0 Å². The first kappa shape index (κ1) is 17.5. The lowest BCUT2D eigenvalue weighted by molar-refractivity contribution is -0.141. The smallest absolute Gasteiger partial charge is 0.308 e. The Kier molecular flexibility index (Phi) is 4.79. The molecule has 23 heavy (non-hydrogen) atoms. The summed E-state index contributed by atoms with van der Waals surface area (Å²) in [6, 6.07) is 4.63. The van der Waals surface area contributed by atoms with Gasteiger partial charge in [-0.15, -0.1) is 0 Å². The fourth-order valence-corrected chi connectivity index (χ4v) is 3.45. The highest BCUT2D eigenvalue weighted by Gasteiger charge is 2.35. The quantitative estimate of drug-likeness (QED) is 0.852. The van der Waals surface area contributed by atoms with Gasteiger partial charge in [-0.3, -0.25) is 9.59 Å². The molecule has 0 aromatic heterocycles. The average molecular weight is 339 g/mol. The molecule has 7 heteroatoms. The Labute approximate surface area is 136 Å². The molecule has 1 unspecified atom stereocenters. The predicted octanol–water partition coefficient (Wildman–Crippen LogP) is 1.72. The Morgan fingerprint density at radius 3 is 2.43 bits per heavy atom. The molecule has 1 aliphatic carbocycles. The molecule has 1 saturated carbocycles. The van der Waals surface area contributed by atoms with Crippen LogP contribution in [0.3, 0.4) is 0 Å². The van der Waals surface area contributed by atoms with Crippen LogP contribution in [0.25, 0.3) is 0 Å². The number of nitrogens with zero attached hydrogens (tertiary/aromatic N) is 1. The van der Waals surface area contributed by atoms with Crippen LogP contribution in [0.1, 0.15) is 35.7 Å². The molecule has 0 radical (unpaired) electrons. The zero-order valence-electron chi connectivity index (χ0n) is 13.4. The number of hydrogen-bond donors (Lipinski definition) is 1. The SMILES string of the molecule is Cc1ccc(C(=O)N(CC(C)C(=O)O)C2CC2)cc1S(C)(=O)=O. The highest BCUT2D eigenvalue weighted by atomic mass is 32.2. The van der Waals surface area contributed by atoms with Gasteiger partial charge in [0.1, 0.15) is 0 Å². The number of carbonyl (C=O) groups excluding carboxylic acids is 1. The summed E-state index contributed by atoms with van der Waals surface area (Å²) in [6.07, 6.45) is 2.81. The fraction of sp³-hybridized carbons (Fsp3) is 0.500. The molecule has 126 valence electrons. The van der Waals surface area contributed by atoms with E-state index in [0.717, 1.165) is 19.1 Å². The van der Waals surface area contributed by atoms with Gasteiger partial charge in [-0.2, -0.15) is 0 Å². The summed E-state index contributed by atoms with van der Waals surface area (Å²) in [6.45, 7) is 3.36. The highest BCUT2D eigenvalue weighted by Crippen LogP contribution is 2.30. The van der Waals surface area contributed by atoms with Crippen molar-refractivity contribution in [1.29, 1.82) is 0 Å². The lowest BCUT2D eigenvalue weighted by atomic mass is 10.1. The van der Waals surface area contributed by atoms with E-state index in [9.17, 15) is 18.0 Å². The number of amides is 1. The third kappa shape index (κ3) is 4.10. The van der Waals surface area contributed by atoms with Gasteiger partial charge in [0, 0.05) is 24.4 Å². The lowest BCUT2D eigenvalue weighted by Crippen LogP contribution is -2.38. The van der Waals surface area contributed by atoms with Crippen LogP contribution < -0.4 is 0 Å². The first-order valence-corrected chi connectivity index (χ1v) is 9.35.